The summed E-state index contributed by atoms with van der Waals surface area (Å²) in [5.74, 6) is 0. The Morgan fingerprint density at radius 1 is 0.955 bits per heavy atom. The second kappa shape index (κ2) is 5.65. The minimum Gasteiger partial charge on any atom is -0.247 e. The van der Waals surface area contributed by atoms with Gasteiger partial charge in [-0.25, -0.2) is 4.98 Å². The highest BCUT2D eigenvalue weighted by atomic mass is 32.2. The highest BCUT2D eigenvalue weighted by molar-refractivity contribution is 8.00. The van der Waals surface area contributed by atoms with Crippen molar-refractivity contribution in [1.29, 1.82) is 0 Å². The third kappa shape index (κ3) is 3.25. The molecule has 0 unspecified atom stereocenters. The number of aryl methyl sites for hydroxylation is 1. The van der Waals surface area contributed by atoms with Crippen LogP contribution in [0.25, 0.3) is 22.2 Å². The molecule has 5 heteroatoms. The van der Waals surface area contributed by atoms with Crippen LogP contribution in [-0.4, -0.2) is 10.5 Å². The van der Waals surface area contributed by atoms with Gasteiger partial charge in [0.25, 0.3) is 0 Å². The molecule has 1 nitrogen and oxygen atoms in total. The van der Waals surface area contributed by atoms with Crippen LogP contribution in [-0.2, 0) is 0 Å². The second-order valence-electron chi connectivity index (χ2n) is 4.94. The summed E-state index contributed by atoms with van der Waals surface area (Å²) in [4.78, 5) is 4.56. The molecule has 1 heterocycles. The number of thioether (sulfide) groups is 1. The lowest BCUT2D eigenvalue weighted by Gasteiger charge is -2.12. The van der Waals surface area contributed by atoms with Crippen LogP contribution in [0.4, 0.5) is 13.2 Å². The Morgan fingerprint density at radius 2 is 1.64 bits per heavy atom. The van der Waals surface area contributed by atoms with Crippen molar-refractivity contribution in [1.82, 2.24) is 4.98 Å². The zero-order valence-corrected chi connectivity index (χ0v) is 12.5. The molecule has 0 radical (unpaired) electrons. The quantitative estimate of drug-likeness (QED) is 0.552. The number of rotatable bonds is 2. The number of halogens is 3. The van der Waals surface area contributed by atoms with Crippen LogP contribution in [0.5, 0.6) is 0 Å². The van der Waals surface area contributed by atoms with Crippen molar-refractivity contribution in [2.45, 2.75) is 17.3 Å². The smallest absolute Gasteiger partial charge is 0.247 e. The van der Waals surface area contributed by atoms with Crippen molar-refractivity contribution in [2.75, 3.05) is 0 Å². The van der Waals surface area contributed by atoms with Gasteiger partial charge in [0, 0.05) is 15.8 Å². The lowest BCUT2D eigenvalue weighted by Crippen LogP contribution is -2.01. The van der Waals surface area contributed by atoms with Gasteiger partial charge in [0.1, 0.15) is 0 Å². The van der Waals surface area contributed by atoms with E-state index in [0.717, 1.165) is 5.56 Å². The predicted octanol–water partition coefficient (Wildman–Crippen LogP) is 5.82. The molecule has 0 bridgehead atoms. The molecule has 0 aliphatic heterocycles. The van der Waals surface area contributed by atoms with E-state index in [2.05, 4.69) is 4.98 Å². The zero-order chi connectivity index (χ0) is 15.7. The Hall–Kier alpha value is -2.01. The van der Waals surface area contributed by atoms with Gasteiger partial charge in [-0.1, -0.05) is 48.0 Å². The van der Waals surface area contributed by atoms with Crippen molar-refractivity contribution < 1.29 is 13.2 Å². The van der Waals surface area contributed by atoms with Crippen molar-refractivity contribution in [3.63, 3.8) is 0 Å². The topological polar surface area (TPSA) is 12.9 Å². The van der Waals surface area contributed by atoms with Crippen LogP contribution in [0.15, 0.2) is 59.5 Å². The molecular formula is C17H12F3NS. The van der Waals surface area contributed by atoms with Crippen LogP contribution >= 0.6 is 11.8 Å². The first-order valence-corrected chi connectivity index (χ1v) is 7.46. The van der Waals surface area contributed by atoms with Gasteiger partial charge in [0.15, 0.2) is 0 Å². The summed E-state index contributed by atoms with van der Waals surface area (Å²) in [6, 6.07) is 16.1. The fourth-order valence-corrected chi connectivity index (χ4v) is 2.91. The van der Waals surface area contributed by atoms with Crippen molar-refractivity contribution >= 4 is 22.7 Å². The molecule has 3 aromatic rings. The fraction of sp³-hybridized carbons (Fsp3) is 0.118. The van der Waals surface area contributed by atoms with Gasteiger partial charge >= 0.3 is 5.51 Å². The van der Waals surface area contributed by atoms with E-state index in [-0.39, 0.29) is 16.7 Å². The van der Waals surface area contributed by atoms with Gasteiger partial charge in [-0.3, -0.25) is 0 Å². The van der Waals surface area contributed by atoms with Gasteiger partial charge in [-0.15, -0.1) is 0 Å². The lowest BCUT2D eigenvalue weighted by molar-refractivity contribution is -0.0328. The molecule has 112 valence electrons. The monoisotopic (exact) mass is 319 g/mol. The number of aromatic nitrogens is 1. The molecule has 0 spiro atoms. The summed E-state index contributed by atoms with van der Waals surface area (Å²) >= 11 is -0.121. The molecule has 0 aliphatic carbocycles. The first-order valence-electron chi connectivity index (χ1n) is 6.65. The number of hydrogen-bond acceptors (Lipinski definition) is 2. The predicted molar refractivity (Wildman–Crippen MR) is 83.8 cm³/mol. The van der Waals surface area contributed by atoms with Crippen LogP contribution < -0.4 is 0 Å². The number of hydrogen-bond donors (Lipinski definition) is 0. The Morgan fingerprint density at radius 3 is 2.32 bits per heavy atom. The Bertz CT molecular complexity index is 810. The van der Waals surface area contributed by atoms with E-state index in [1.807, 2.05) is 25.1 Å². The Labute approximate surface area is 130 Å². The summed E-state index contributed by atoms with van der Waals surface area (Å²) in [6.45, 7) is 1.93. The SMILES string of the molecule is Cc1ccc(-c2nc3ccccc3cc2SC(F)(F)F)cc1. The van der Waals surface area contributed by atoms with Crippen molar-refractivity contribution in [2.24, 2.45) is 0 Å². The molecule has 0 amide bonds. The van der Waals surface area contributed by atoms with E-state index < -0.39 is 5.51 Å². The third-order valence-electron chi connectivity index (χ3n) is 3.24. The standard InChI is InChI=1S/C17H12F3NS/c1-11-6-8-12(9-7-11)16-15(22-17(18,19)20)10-13-4-2-3-5-14(13)21-16/h2-10H,1H3. The summed E-state index contributed by atoms with van der Waals surface area (Å²) in [6.07, 6.45) is 0. The highest BCUT2D eigenvalue weighted by Gasteiger charge is 2.31. The van der Waals surface area contributed by atoms with Crippen molar-refractivity contribution in [3.8, 4) is 11.3 Å². The fourth-order valence-electron chi connectivity index (χ4n) is 2.22. The van der Waals surface area contributed by atoms with E-state index in [1.54, 1.807) is 36.4 Å². The van der Waals surface area contributed by atoms with E-state index in [0.29, 0.717) is 22.2 Å². The average molecular weight is 319 g/mol. The number of para-hydroxylation sites is 1. The molecule has 3 rings (SSSR count). The summed E-state index contributed by atoms with van der Waals surface area (Å²) < 4.78 is 38.5. The molecule has 0 fully saturated rings. The second-order valence-corrected chi connectivity index (χ2v) is 6.05. The first-order chi connectivity index (χ1) is 10.4. The number of alkyl halides is 3. The Kier molecular flexibility index (Phi) is 3.83. The molecular weight excluding hydrogens is 307 g/mol. The molecule has 0 aliphatic rings. The third-order valence-corrected chi connectivity index (χ3v) is 4.00. The van der Waals surface area contributed by atoms with E-state index in [4.69, 9.17) is 0 Å². The van der Waals surface area contributed by atoms with Crippen molar-refractivity contribution in [3.05, 3.63) is 60.2 Å². The van der Waals surface area contributed by atoms with Gasteiger partial charge in [0.2, 0.25) is 0 Å². The lowest BCUT2D eigenvalue weighted by atomic mass is 10.1. The molecule has 0 saturated heterocycles. The van der Waals surface area contributed by atoms with Gasteiger partial charge in [-0.2, -0.15) is 13.2 Å². The maximum absolute atomic E-state index is 12.8. The number of fused-ring (bicyclic) bond motifs is 1. The highest BCUT2D eigenvalue weighted by Crippen LogP contribution is 2.42. The average Bonchev–Trinajstić information content (AvgIpc) is 2.46. The van der Waals surface area contributed by atoms with E-state index in [9.17, 15) is 13.2 Å². The van der Waals surface area contributed by atoms with E-state index in [1.165, 1.54) is 0 Å². The largest absolute Gasteiger partial charge is 0.446 e. The van der Waals surface area contributed by atoms with Crippen LogP contribution in [0, 0.1) is 6.92 Å². The van der Waals surface area contributed by atoms with Crippen LogP contribution in [0.2, 0.25) is 0 Å². The van der Waals surface area contributed by atoms with Gasteiger partial charge in [0.05, 0.1) is 11.2 Å². The van der Waals surface area contributed by atoms with Gasteiger partial charge in [-0.05, 0) is 30.8 Å². The first kappa shape index (κ1) is 14.9. The molecule has 2 aromatic carbocycles. The van der Waals surface area contributed by atoms with E-state index >= 15 is 0 Å². The molecule has 0 atom stereocenters. The minimum absolute atomic E-state index is 0.120. The van der Waals surface area contributed by atoms with Crippen LogP contribution in [0.3, 0.4) is 0 Å². The number of benzene rings is 2. The molecule has 0 N–H and O–H groups in total. The minimum atomic E-state index is -4.34. The number of nitrogens with zero attached hydrogens (tertiary/aromatic N) is 1. The maximum Gasteiger partial charge on any atom is 0.446 e. The zero-order valence-electron chi connectivity index (χ0n) is 11.7. The molecule has 22 heavy (non-hydrogen) atoms. The summed E-state index contributed by atoms with van der Waals surface area (Å²) in [5, 5.41) is 0.699. The summed E-state index contributed by atoms with van der Waals surface area (Å²) in [7, 11) is 0. The normalized spacial score (nSPS) is 11.8. The number of pyridine rings is 1. The van der Waals surface area contributed by atoms with Crippen LogP contribution in [0.1, 0.15) is 5.56 Å². The Balaban J connectivity index is 2.20. The summed E-state index contributed by atoms with van der Waals surface area (Å²) in [5.41, 5.74) is -1.56. The molecule has 1 aromatic heterocycles. The maximum atomic E-state index is 12.8. The molecule has 0 saturated carbocycles. The van der Waals surface area contributed by atoms with Gasteiger partial charge < -0.3 is 0 Å².